The Balaban J connectivity index is 2.32. The normalized spacial score (nSPS) is 10.9. The van der Waals surface area contributed by atoms with Gasteiger partial charge in [-0.2, -0.15) is 0 Å². The van der Waals surface area contributed by atoms with Gasteiger partial charge in [0.1, 0.15) is 5.82 Å². The smallest absolute Gasteiger partial charge is 0.251 e. The quantitative estimate of drug-likeness (QED) is 0.815. The van der Waals surface area contributed by atoms with Crippen LogP contribution in [0.3, 0.4) is 0 Å². The number of benzene rings is 1. The van der Waals surface area contributed by atoms with Crippen LogP contribution in [0.2, 0.25) is 0 Å². The fourth-order valence-electron chi connectivity index (χ4n) is 1.32. The summed E-state index contributed by atoms with van der Waals surface area (Å²) in [6, 6.07) is 5.30. The second kappa shape index (κ2) is 6.31. The molecular weight excluding hydrogens is 247 g/mol. The summed E-state index contributed by atoms with van der Waals surface area (Å²) in [5, 5.41) is 5.37. The number of nitrogens with one attached hydrogen (secondary N) is 2. The SMILES string of the molecule is CC(C)(C)C(=O)NCCNC(=O)c1ccc(F)cc1. The molecule has 2 N–H and O–H groups in total. The molecule has 5 heteroatoms. The lowest BCUT2D eigenvalue weighted by atomic mass is 9.96. The molecule has 1 aromatic rings. The van der Waals surface area contributed by atoms with Crippen LogP contribution in [0.4, 0.5) is 4.39 Å². The molecule has 104 valence electrons. The predicted octanol–water partition coefficient (Wildman–Crippen LogP) is 1.72. The molecule has 0 radical (unpaired) electrons. The lowest BCUT2D eigenvalue weighted by molar-refractivity contribution is -0.128. The van der Waals surface area contributed by atoms with Crippen molar-refractivity contribution >= 4 is 11.8 Å². The number of carbonyl (C=O) groups is 2. The van der Waals surface area contributed by atoms with Crippen molar-refractivity contribution in [3.8, 4) is 0 Å². The van der Waals surface area contributed by atoms with Crippen molar-refractivity contribution in [3.05, 3.63) is 35.6 Å². The van der Waals surface area contributed by atoms with E-state index in [1.807, 2.05) is 20.8 Å². The van der Waals surface area contributed by atoms with Gasteiger partial charge >= 0.3 is 0 Å². The number of carbonyl (C=O) groups excluding carboxylic acids is 2. The van der Waals surface area contributed by atoms with Gasteiger partial charge in [0, 0.05) is 24.1 Å². The largest absolute Gasteiger partial charge is 0.354 e. The first-order valence-corrected chi connectivity index (χ1v) is 6.13. The molecule has 0 unspecified atom stereocenters. The summed E-state index contributed by atoms with van der Waals surface area (Å²) in [6.45, 7) is 6.15. The van der Waals surface area contributed by atoms with Gasteiger partial charge in [0.05, 0.1) is 0 Å². The van der Waals surface area contributed by atoms with Crippen molar-refractivity contribution in [2.45, 2.75) is 20.8 Å². The second-order valence-corrected chi connectivity index (χ2v) is 5.27. The van der Waals surface area contributed by atoms with Gasteiger partial charge in [-0.25, -0.2) is 4.39 Å². The predicted molar refractivity (Wildman–Crippen MR) is 71.2 cm³/mol. The molecule has 19 heavy (non-hydrogen) atoms. The van der Waals surface area contributed by atoms with Gasteiger partial charge in [0.2, 0.25) is 5.91 Å². The summed E-state index contributed by atoms with van der Waals surface area (Å²) in [5.74, 6) is -0.734. The molecule has 4 nitrogen and oxygen atoms in total. The van der Waals surface area contributed by atoms with E-state index in [1.54, 1.807) is 0 Å². The van der Waals surface area contributed by atoms with E-state index in [9.17, 15) is 14.0 Å². The highest BCUT2D eigenvalue weighted by Crippen LogP contribution is 2.11. The van der Waals surface area contributed by atoms with Crippen LogP contribution in [0.25, 0.3) is 0 Å². The van der Waals surface area contributed by atoms with Crippen molar-refractivity contribution < 1.29 is 14.0 Å². The van der Waals surface area contributed by atoms with Gasteiger partial charge < -0.3 is 10.6 Å². The Morgan fingerprint density at radius 3 is 2.11 bits per heavy atom. The number of amides is 2. The molecule has 0 atom stereocenters. The van der Waals surface area contributed by atoms with Crippen LogP contribution in [0, 0.1) is 11.2 Å². The van der Waals surface area contributed by atoms with E-state index in [1.165, 1.54) is 24.3 Å². The average molecular weight is 266 g/mol. The van der Waals surface area contributed by atoms with Crippen LogP contribution >= 0.6 is 0 Å². The zero-order valence-electron chi connectivity index (χ0n) is 11.4. The molecule has 2 amide bonds. The van der Waals surface area contributed by atoms with Crippen LogP contribution in [0.1, 0.15) is 31.1 Å². The fourth-order valence-corrected chi connectivity index (χ4v) is 1.32. The number of halogens is 1. The van der Waals surface area contributed by atoms with Gasteiger partial charge in [0.25, 0.3) is 5.91 Å². The van der Waals surface area contributed by atoms with E-state index in [0.717, 1.165) is 0 Å². The van der Waals surface area contributed by atoms with Gasteiger partial charge in [-0.05, 0) is 24.3 Å². The molecule has 0 aliphatic carbocycles. The fraction of sp³-hybridized carbons (Fsp3) is 0.429. The summed E-state index contributed by atoms with van der Waals surface area (Å²) in [4.78, 5) is 23.2. The molecule has 0 aliphatic rings. The van der Waals surface area contributed by atoms with Crippen molar-refractivity contribution in [3.63, 3.8) is 0 Å². The summed E-state index contributed by atoms with van der Waals surface area (Å²) >= 11 is 0. The first-order chi connectivity index (χ1) is 8.80. The van der Waals surface area contributed by atoms with E-state index in [0.29, 0.717) is 18.7 Å². The molecule has 0 spiro atoms. The van der Waals surface area contributed by atoms with Crippen molar-refractivity contribution in [1.29, 1.82) is 0 Å². The standard InChI is InChI=1S/C14H19FN2O2/c1-14(2,3)13(19)17-9-8-16-12(18)10-4-6-11(15)7-5-10/h4-7H,8-9H2,1-3H3,(H,16,18)(H,17,19). The van der Waals surface area contributed by atoms with E-state index >= 15 is 0 Å². The molecule has 0 saturated carbocycles. The van der Waals surface area contributed by atoms with Crippen LogP contribution in [0.15, 0.2) is 24.3 Å². The molecule has 1 aromatic carbocycles. The maximum Gasteiger partial charge on any atom is 0.251 e. The average Bonchev–Trinajstić information content (AvgIpc) is 2.33. The Morgan fingerprint density at radius 1 is 1.05 bits per heavy atom. The van der Waals surface area contributed by atoms with Gasteiger partial charge in [-0.3, -0.25) is 9.59 Å². The molecule has 0 aliphatic heterocycles. The zero-order valence-corrected chi connectivity index (χ0v) is 11.4. The van der Waals surface area contributed by atoms with Crippen LogP contribution in [0.5, 0.6) is 0 Å². The highest BCUT2D eigenvalue weighted by atomic mass is 19.1. The Kier molecular flexibility index (Phi) is 5.03. The molecular formula is C14H19FN2O2. The minimum Gasteiger partial charge on any atom is -0.354 e. The third-order valence-electron chi connectivity index (χ3n) is 2.48. The molecule has 0 saturated heterocycles. The third kappa shape index (κ3) is 5.07. The first kappa shape index (κ1) is 15.1. The third-order valence-corrected chi connectivity index (χ3v) is 2.48. The molecule has 0 bridgehead atoms. The number of rotatable bonds is 4. The Labute approximate surface area is 112 Å². The van der Waals surface area contributed by atoms with E-state index in [2.05, 4.69) is 10.6 Å². The monoisotopic (exact) mass is 266 g/mol. The van der Waals surface area contributed by atoms with Crippen LogP contribution in [-0.2, 0) is 4.79 Å². The Bertz CT molecular complexity index is 450. The van der Waals surface area contributed by atoms with E-state index in [-0.39, 0.29) is 17.6 Å². The maximum absolute atomic E-state index is 12.7. The maximum atomic E-state index is 12.7. The Hall–Kier alpha value is -1.91. The number of hydrogen-bond donors (Lipinski definition) is 2. The molecule has 1 rings (SSSR count). The first-order valence-electron chi connectivity index (χ1n) is 6.13. The summed E-state index contributed by atoms with van der Waals surface area (Å²) in [6.07, 6.45) is 0. The topological polar surface area (TPSA) is 58.2 Å². The van der Waals surface area contributed by atoms with E-state index < -0.39 is 5.41 Å². The van der Waals surface area contributed by atoms with Gasteiger partial charge in [-0.15, -0.1) is 0 Å². The van der Waals surface area contributed by atoms with Gasteiger partial charge in [0.15, 0.2) is 0 Å². The number of hydrogen-bond acceptors (Lipinski definition) is 2. The highest BCUT2D eigenvalue weighted by molar-refractivity contribution is 5.94. The molecule has 0 fully saturated rings. The highest BCUT2D eigenvalue weighted by Gasteiger charge is 2.20. The minimum absolute atomic E-state index is 0.0662. The van der Waals surface area contributed by atoms with Crippen LogP contribution in [-0.4, -0.2) is 24.9 Å². The Morgan fingerprint density at radius 2 is 1.58 bits per heavy atom. The summed E-state index contributed by atoms with van der Waals surface area (Å²) in [7, 11) is 0. The lowest BCUT2D eigenvalue weighted by Crippen LogP contribution is -2.39. The molecule has 0 heterocycles. The summed E-state index contributed by atoms with van der Waals surface area (Å²) < 4.78 is 12.7. The minimum atomic E-state index is -0.443. The zero-order chi connectivity index (χ0) is 14.5. The van der Waals surface area contributed by atoms with Gasteiger partial charge in [-0.1, -0.05) is 20.8 Å². The molecule has 0 aromatic heterocycles. The van der Waals surface area contributed by atoms with E-state index in [4.69, 9.17) is 0 Å². The van der Waals surface area contributed by atoms with Crippen molar-refractivity contribution in [1.82, 2.24) is 10.6 Å². The summed E-state index contributed by atoms with van der Waals surface area (Å²) in [5.41, 5.74) is -0.0513. The van der Waals surface area contributed by atoms with Crippen molar-refractivity contribution in [2.24, 2.45) is 5.41 Å². The lowest BCUT2D eigenvalue weighted by Gasteiger charge is -2.17. The second-order valence-electron chi connectivity index (χ2n) is 5.27. The van der Waals surface area contributed by atoms with Crippen molar-refractivity contribution in [2.75, 3.05) is 13.1 Å². The van der Waals surface area contributed by atoms with Crippen LogP contribution < -0.4 is 10.6 Å².